The van der Waals surface area contributed by atoms with Crippen LogP contribution in [0.3, 0.4) is 0 Å². The summed E-state index contributed by atoms with van der Waals surface area (Å²) in [7, 11) is 0. The molecule has 0 atom stereocenters. The first kappa shape index (κ1) is 15.5. The smallest absolute Gasteiger partial charge is 0.257 e. The Labute approximate surface area is 127 Å². The van der Waals surface area contributed by atoms with Gasteiger partial charge in [0.1, 0.15) is 0 Å². The van der Waals surface area contributed by atoms with E-state index in [9.17, 15) is 9.90 Å². The van der Waals surface area contributed by atoms with Crippen molar-refractivity contribution in [1.82, 2.24) is 15.1 Å². The number of aliphatic hydroxyl groups excluding tert-OH is 1. The zero-order chi connectivity index (χ0) is 14.5. The zero-order valence-electron chi connectivity index (χ0n) is 11.1. The molecule has 0 radical (unpaired) electrons. The first-order valence-corrected chi connectivity index (χ1v) is 7.49. The van der Waals surface area contributed by atoms with Crippen molar-refractivity contribution in [1.29, 1.82) is 0 Å². The van der Waals surface area contributed by atoms with Crippen molar-refractivity contribution in [2.75, 3.05) is 13.2 Å². The molecule has 20 heavy (non-hydrogen) atoms. The van der Waals surface area contributed by atoms with E-state index in [1.807, 2.05) is 0 Å². The molecular weight excluding hydrogens is 301 g/mol. The summed E-state index contributed by atoms with van der Waals surface area (Å²) in [6, 6.07) is 1.57. The van der Waals surface area contributed by atoms with Crippen LogP contribution in [0.1, 0.15) is 42.5 Å². The van der Waals surface area contributed by atoms with Crippen molar-refractivity contribution in [2.24, 2.45) is 0 Å². The van der Waals surface area contributed by atoms with Crippen molar-refractivity contribution in [2.45, 2.75) is 38.1 Å². The zero-order valence-corrected chi connectivity index (χ0v) is 12.6. The van der Waals surface area contributed by atoms with Crippen molar-refractivity contribution in [3.63, 3.8) is 0 Å². The Morgan fingerprint density at radius 3 is 2.65 bits per heavy atom. The molecule has 110 valence electrons. The van der Waals surface area contributed by atoms with Gasteiger partial charge in [-0.15, -0.1) is 10.2 Å². The lowest BCUT2D eigenvalue weighted by Gasteiger charge is -2.34. The maximum absolute atomic E-state index is 12.6. The van der Waals surface area contributed by atoms with E-state index in [-0.39, 0.29) is 34.4 Å². The Bertz CT molecular complexity index is 479. The summed E-state index contributed by atoms with van der Waals surface area (Å²) in [5, 5.41) is 16.6. The lowest BCUT2D eigenvalue weighted by Crippen LogP contribution is -2.43. The van der Waals surface area contributed by atoms with Crippen LogP contribution >= 0.6 is 23.2 Å². The summed E-state index contributed by atoms with van der Waals surface area (Å²) < 4.78 is 0. The second-order valence-electron chi connectivity index (χ2n) is 4.89. The third-order valence-corrected chi connectivity index (χ3v) is 4.03. The molecule has 0 saturated heterocycles. The van der Waals surface area contributed by atoms with E-state index < -0.39 is 0 Å². The van der Waals surface area contributed by atoms with Gasteiger partial charge in [-0.25, -0.2) is 0 Å². The minimum absolute atomic E-state index is 0.0400. The maximum Gasteiger partial charge on any atom is 0.257 e. The highest BCUT2D eigenvalue weighted by molar-refractivity contribution is 6.34. The SMILES string of the molecule is O=C(c1cc(Cl)nnc1Cl)N(CCO)C1CCCCC1. The quantitative estimate of drug-likeness (QED) is 0.926. The lowest BCUT2D eigenvalue weighted by atomic mass is 9.94. The van der Waals surface area contributed by atoms with Gasteiger partial charge in [-0.1, -0.05) is 42.5 Å². The fraction of sp³-hybridized carbons (Fsp3) is 0.615. The van der Waals surface area contributed by atoms with Crippen LogP contribution in [0.5, 0.6) is 0 Å². The van der Waals surface area contributed by atoms with Crippen LogP contribution in [-0.4, -0.2) is 45.3 Å². The van der Waals surface area contributed by atoms with E-state index in [0.717, 1.165) is 25.7 Å². The van der Waals surface area contributed by atoms with Gasteiger partial charge in [-0.3, -0.25) is 4.79 Å². The average molecular weight is 318 g/mol. The van der Waals surface area contributed by atoms with Gasteiger partial charge in [-0.05, 0) is 18.9 Å². The van der Waals surface area contributed by atoms with E-state index in [4.69, 9.17) is 23.2 Å². The number of aromatic nitrogens is 2. The lowest BCUT2D eigenvalue weighted by molar-refractivity contribution is 0.0585. The topological polar surface area (TPSA) is 66.3 Å². The molecule has 0 aliphatic heterocycles. The minimum Gasteiger partial charge on any atom is -0.395 e. The number of halogens is 2. The molecule has 5 nitrogen and oxygen atoms in total. The number of aliphatic hydroxyl groups is 1. The van der Waals surface area contributed by atoms with Crippen LogP contribution in [0.25, 0.3) is 0 Å². The third kappa shape index (κ3) is 3.59. The predicted molar refractivity (Wildman–Crippen MR) is 77.0 cm³/mol. The number of hydrogen-bond donors (Lipinski definition) is 1. The summed E-state index contributed by atoms with van der Waals surface area (Å²) in [5.74, 6) is -0.243. The molecule has 0 aromatic carbocycles. The Balaban J connectivity index is 2.23. The molecule has 1 saturated carbocycles. The second-order valence-corrected chi connectivity index (χ2v) is 5.63. The van der Waals surface area contributed by atoms with Gasteiger partial charge in [0.05, 0.1) is 12.2 Å². The van der Waals surface area contributed by atoms with E-state index in [0.29, 0.717) is 6.54 Å². The molecule has 0 bridgehead atoms. The molecule has 0 unspecified atom stereocenters. The Kier molecular flexibility index (Phi) is 5.57. The molecule has 1 aliphatic rings. The summed E-state index contributed by atoms with van der Waals surface area (Å²) in [6.45, 7) is 0.214. The Morgan fingerprint density at radius 2 is 2.00 bits per heavy atom. The normalized spacial score (nSPS) is 16.1. The third-order valence-electron chi connectivity index (χ3n) is 3.57. The Morgan fingerprint density at radius 1 is 1.30 bits per heavy atom. The van der Waals surface area contributed by atoms with Gasteiger partial charge in [0, 0.05) is 12.6 Å². The fourth-order valence-electron chi connectivity index (χ4n) is 2.61. The molecule has 1 heterocycles. The second kappa shape index (κ2) is 7.20. The Hall–Kier alpha value is -0.910. The number of nitrogens with zero attached hydrogens (tertiary/aromatic N) is 3. The van der Waals surface area contributed by atoms with E-state index >= 15 is 0 Å². The summed E-state index contributed by atoms with van der Waals surface area (Å²) in [4.78, 5) is 14.3. The van der Waals surface area contributed by atoms with Crippen LogP contribution < -0.4 is 0 Å². The standard InChI is InChI=1S/C13H17Cl2N3O2/c14-11-8-10(12(15)17-16-11)13(20)18(6-7-19)9-4-2-1-3-5-9/h8-9,19H,1-7H2. The van der Waals surface area contributed by atoms with E-state index in [2.05, 4.69) is 10.2 Å². The van der Waals surface area contributed by atoms with Crippen LogP contribution in [0.2, 0.25) is 10.3 Å². The van der Waals surface area contributed by atoms with E-state index in [1.54, 1.807) is 4.90 Å². The highest BCUT2D eigenvalue weighted by Crippen LogP contribution is 2.25. The molecule has 0 spiro atoms. The number of carbonyl (C=O) groups is 1. The molecule has 2 rings (SSSR count). The summed E-state index contributed by atoms with van der Waals surface area (Å²) in [5.41, 5.74) is 0.241. The molecule has 1 fully saturated rings. The molecule has 7 heteroatoms. The van der Waals surface area contributed by atoms with Gasteiger partial charge < -0.3 is 10.0 Å². The van der Waals surface area contributed by atoms with Crippen molar-refractivity contribution in [3.8, 4) is 0 Å². The van der Waals surface area contributed by atoms with E-state index in [1.165, 1.54) is 12.5 Å². The van der Waals surface area contributed by atoms with Gasteiger partial charge in [-0.2, -0.15) is 0 Å². The first-order valence-electron chi connectivity index (χ1n) is 6.74. The van der Waals surface area contributed by atoms with Crippen LogP contribution in [-0.2, 0) is 0 Å². The highest BCUT2D eigenvalue weighted by Gasteiger charge is 2.27. The molecule has 1 aromatic heterocycles. The fourth-order valence-corrected chi connectivity index (χ4v) is 2.93. The molecular formula is C13H17Cl2N3O2. The van der Waals surface area contributed by atoms with Crippen LogP contribution in [0.4, 0.5) is 0 Å². The van der Waals surface area contributed by atoms with Crippen molar-refractivity contribution >= 4 is 29.1 Å². The molecule has 1 N–H and O–H groups in total. The monoisotopic (exact) mass is 317 g/mol. The number of hydrogen-bond acceptors (Lipinski definition) is 4. The van der Waals surface area contributed by atoms with Gasteiger partial charge >= 0.3 is 0 Å². The maximum atomic E-state index is 12.6. The molecule has 1 aromatic rings. The minimum atomic E-state index is -0.243. The van der Waals surface area contributed by atoms with Gasteiger partial charge in [0.15, 0.2) is 10.3 Å². The van der Waals surface area contributed by atoms with Gasteiger partial charge in [0.25, 0.3) is 5.91 Å². The number of carbonyl (C=O) groups excluding carboxylic acids is 1. The molecule has 1 amide bonds. The average Bonchev–Trinajstić information content (AvgIpc) is 2.47. The largest absolute Gasteiger partial charge is 0.395 e. The summed E-state index contributed by atoms with van der Waals surface area (Å²) >= 11 is 11.7. The summed E-state index contributed by atoms with van der Waals surface area (Å²) in [6.07, 6.45) is 5.30. The highest BCUT2D eigenvalue weighted by atomic mass is 35.5. The van der Waals surface area contributed by atoms with Crippen molar-refractivity contribution < 1.29 is 9.90 Å². The predicted octanol–water partition coefficient (Wildman–Crippen LogP) is 2.55. The van der Waals surface area contributed by atoms with Crippen molar-refractivity contribution in [3.05, 3.63) is 21.9 Å². The van der Waals surface area contributed by atoms with Crippen LogP contribution in [0, 0.1) is 0 Å². The van der Waals surface area contributed by atoms with Crippen LogP contribution in [0.15, 0.2) is 6.07 Å². The number of amides is 1. The first-order chi connectivity index (χ1) is 9.63. The van der Waals surface area contributed by atoms with Gasteiger partial charge in [0.2, 0.25) is 0 Å². The number of rotatable bonds is 4. The molecule has 1 aliphatic carbocycles.